The molecule has 0 atom stereocenters. The van der Waals surface area contributed by atoms with E-state index in [0.29, 0.717) is 29.5 Å². The van der Waals surface area contributed by atoms with Gasteiger partial charge < -0.3 is 10.5 Å². The third kappa shape index (κ3) is 1.97. The summed E-state index contributed by atoms with van der Waals surface area (Å²) in [5.41, 5.74) is 8.34. The Morgan fingerprint density at radius 2 is 2.00 bits per heavy atom. The average molecular weight is 255 g/mol. The van der Waals surface area contributed by atoms with Crippen LogP contribution in [0.4, 0.5) is 5.95 Å². The van der Waals surface area contributed by atoms with E-state index in [0.717, 1.165) is 5.56 Å². The van der Waals surface area contributed by atoms with E-state index in [4.69, 9.17) is 10.5 Å². The predicted molar refractivity (Wildman–Crippen MR) is 71.8 cm³/mol. The molecule has 0 aliphatic carbocycles. The highest BCUT2D eigenvalue weighted by atomic mass is 16.5. The lowest BCUT2D eigenvalue weighted by molar-refractivity contribution is 0.401. The Labute approximate surface area is 109 Å². The maximum absolute atomic E-state index is 5.95. The number of ether oxygens (including phenoxy) is 1. The van der Waals surface area contributed by atoms with Gasteiger partial charge >= 0.3 is 0 Å². The molecule has 0 saturated heterocycles. The first-order valence-corrected chi connectivity index (χ1v) is 5.84. The largest absolute Gasteiger partial charge is 0.479 e. The zero-order valence-corrected chi connectivity index (χ0v) is 10.4. The van der Waals surface area contributed by atoms with E-state index >= 15 is 0 Å². The highest BCUT2D eigenvalue weighted by Crippen LogP contribution is 2.23. The number of nitrogens with zero attached hydrogens (tertiary/aromatic N) is 4. The number of aromatic nitrogens is 4. The normalized spacial score (nSPS) is 10.8. The van der Waals surface area contributed by atoms with Gasteiger partial charge in [-0.3, -0.25) is 4.57 Å². The summed E-state index contributed by atoms with van der Waals surface area (Å²) < 4.78 is 7.01. The van der Waals surface area contributed by atoms with Gasteiger partial charge in [-0.1, -0.05) is 30.3 Å². The molecule has 0 fully saturated rings. The molecule has 6 nitrogen and oxygen atoms in total. The van der Waals surface area contributed by atoms with Crippen molar-refractivity contribution >= 4 is 17.1 Å². The molecule has 96 valence electrons. The van der Waals surface area contributed by atoms with Crippen molar-refractivity contribution in [2.24, 2.45) is 0 Å². The fourth-order valence-corrected chi connectivity index (χ4v) is 2.00. The smallest absolute Gasteiger partial charge is 0.245 e. The number of methoxy groups -OCH3 is 1. The summed E-state index contributed by atoms with van der Waals surface area (Å²) >= 11 is 0. The molecule has 0 aliphatic rings. The molecule has 0 aliphatic heterocycles. The minimum atomic E-state index is 0.401. The Morgan fingerprint density at radius 3 is 2.74 bits per heavy atom. The fraction of sp³-hybridized carbons (Fsp3) is 0.154. The van der Waals surface area contributed by atoms with Gasteiger partial charge in [-0.25, -0.2) is 9.97 Å². The first-order chi connectivity index (χ1) is 9.29. The van der Waals surface area contributed by atoms with Gasteiger partial charge in [-0.05, 0) is 5.56 Å². The monoisotopic (exact) mass is 255 g/mol. The summed E-state index contributed by atoms with van der Waals surface area (Å²) in [5, 5.41) is 0. The van der Waals surface area contributed by atoms with Crippen LogP contribution in [0.1, 0.15) is 5.56 Å². The Hall–Kier alpha value is -2.63. The van der Waals surface area contributed by atoms with E-state index < -0.39 is 0 Å². The van der Waals surface area contributed by atoms with Gasteiger partial charge in [0.05, 0.1) is 13.7 Å². The van der Waals surface area contributed by atoms with E-state index in [1.54, 1.807) is 7.11 Å². The van der Waals surface area contributed by atoms with Gasteiger partial charge in [0.2, 0.25) is 11.8 Å². The lowest BCUT2D eigenvalue weighted by atomic mass is 10.2. The van der Waals surface area contributed by atoms with Crippen LogP contribution in [-0.2, 0) is 6.54 Å². The second-order valence-electron chi connectivity index (χ2n) is 4.10. The quantitative estimate of drug-likeness (QED) is 0.766. The molecule has 19 heavy (non-hydrogen) atoms. The van der Waals surface area contributed by atoms with E-state index in [1.165, 1.54) is 6.33 Å². The van der Waals surface area contributed by atoms with Crippen LogP contribution in [0.5, 0.6) is 5.88 Å². The molecule has 6 heteroatoms. The van der Waals surface area contributed by atoms with Crippen molar-refractivity contribution in [3.8, 4) is 5.88 Å². The molecule has 2 heterocycles. The van der Waals surface area contributed by atoms with Crippen molar-refractivity contribution in [1.82, 2.24) is 19.5 Å². The van der Waals surface area contributed by atoms with Gasteiger partial charge in [0.15, 0.2) is 11.2 Å². The van der Waals surface area contributed by atoms with E-state index in [1.807, 2.05) is 34.9 Å². The van der Waals surface area contributed by atoms with Gasteiger partial charge in [0.25, 0.3) is 0 Å². The van der Waals surface area contributed by atoms with Crippen molar-refractivity contribution in [3.05, 3.63) is 42.2 Å². The lowest BCUT2D eigenvalue weighted by Crippen LogP contribution is -2.05. The molecule has 0 saturated carbocycles. The lowest BCUT2D eigenvalue weighted by Gasteiger charge is -2.05. The number of fused-ring (bicyclic) bond motifs is 1. The third-order valence-corrected chi connectivity index (χ3v) is 2.90. The number of hydrogen-bond donors (Lipinski definition) is 1. The van der Waals surface area contributed by atoms with Crippen LogP contribution in [0.2, 0.25) is 0 Å². The number of imidazole rings is 1. The first kappa shape index (κ1) is 11.5. The van der Waals surface area contributed by atoms with Crippen LogP contribution in [0.25, 0.3) is 11.2 Å². The molecule has 0 amide bonds. The van der Waals surface area contributed by atoms with Gasteiger partial charge in [-0.15, -0.1) is 0 Å². The van der Waals surface area contributed by atoms with Crippen LogP contribution in [0.3, 0.4) is 0 Å². The molecule has 0 bridgehead atoms. The second kappa shape index (κ2) is 4.56. The standard InChI is InChI=1S/C13H13N5O/c1-19-12-10-11(15-8-16-12)18(13(14)17-10)7-9-5-3-2-4-6-9/h2-6,8H,7H2,1H3,(H2,14,17). The summed E-state index contributed by atoms with van der Waals surface area (Å²) in [7, 11) is 1.55. The number of rotatable bonds is 3. The van der Waals surface area contributed by atoms with Crippen molar-refractivity contribution in [2.45, 2.75) is 6.54 Å². The van der Waals surface area contributed by atoms with Gasteiger partial charge in [-0.2, -0.15) is 4.98 Å². The minimum absolute atomic E-state index is 0.401. The topological polar surface area (TPSA) is 78.8 Å². The van der Waals surface area contributed by atoms with Crippen molar-refractivity contribution in [1.29, 1.82) is 0 Å². The highest BCUT2D eigenvalue weighted by Gasteiger charge is 2.14. The van der Waals surface area contributed by atoms with Crippen LogP contribution < -0.4 is 10.5 Å². The number of benzene rings is 1. The van der Waals surface area contributed by atoms with Crippen molar-refractivity contribution in [2.75, 3.05) is 12.8 Å². The van der Waals surface area contributed by atoms with E-state index in [-0.39, 0.29) is 0 Å². The molecule has 0 unspecified atom stereocenters. The molecular weight excluding hydrogens is 242 g/mol. The van der Waals surface area contributed by atoms with Crippen LogP contribution in [-0.4, -0.2) is 26.6 Å². The molecule has 0 spiro atoms. The molecule has 3 rings (SSSR count). The van der Waals surface area contributed by atoms with E-state index in [9.17, 15) is 0 Å². The fourth-order valence-electron chi connectivity index (χ4n) is 2.00. The number of hydrogen-bond acceptors (Lipinski definition) is 5. The summed E-state index contributed by atoms with van der Waals surface area (Å²) in [4.78, 5) is 12.5. The SMILES string of the molecule is COc1ncnc2c1nc(N)n2Cc1ccccc1. The molecule has 1 aromatic carbocycles. The minimum Gasteiger partial charge on any atom is -0.479 e. The highest BCUT2D eigenvalue weighted by molar-refractivity contribution is 5.79. The Kier molecular flexibility index (Phi) is 2.75. The summed E-state index contributed by atoms with van der Waals surface area (Å²) in [6.45, 7) is 0.614. The maximum Gasteiger partial charge on any atom is 0.245 e. The van der Waals surface area contributed by atoms with Crippen molar-refractivity contribution < 1.29 is 4.74 Å². The summed E-state index contributed by atoms with van der Waals surface area (Å²) in [5.74, 6) is 0.834. The van der Waals surface area contributed by atoms with Crippen molar-refractivity contribution in [3.63, 3.8) is 0 Å². The Morgan fingerprint density at radius 1 is 1.21 bits per heavy atom. The van der Waals surface area contributed by atoms with Gasteiger partial charge in [0.1, 0.15) is 6.33 Å². The average Bonchev–Trinajstić information content (AvgIpc) is 2.76. The number of anilines is 1. The predicted octanol–water partition coefficient (Wildman–Crippen LogP) is 1.47. The zero-order valence-electron chi connectivity index (χ0n) is 10.4. The first-order valence-electron chi connectivity index (χ1n) is 5.84. The second-order valence-corrected chi connectivity index (χ2v) is 4.10. The third-order valence-electron chi connectivity index (χ3n) is 2.90. The molecule has 0 radical (unpaired) electrons. The maximum atomic E-state index is 5.95. The molecule has 3 aromatic rings. The molecule has 2 N–H and O–H groups in total. The number of nitrogens with two attached hydrogens (primary N) is 1. The van der Waals surface area contributed by atoms with E-state index in [2.05, 4.69) is 15.0 Å². The Bertz CT molecular complexity index is 708. The summed E-state index contributed by atoms with van der Waals surface area (Å²) in [6.07, 6.45) is 1.45. The summed E-state index contributed by atoms with van der Waals surface area (Å²) in [6, 6.07) is 10.0. The van der Waals surface area contributed by atoms with Crippen LogP contribution in [0.15, 0.2) is 36.7 Å². The zero-order chi connectivity index (χ0) is 13.2. The molecular formula is C13H13N5O. The molecule has 2 aromatic heterocycles. The van der Waals surface area contributed by atoms with Crippen LogP contribution in [0, 0.1) is 0 Å². The van der Waals surface area contributed by atoms with Crippen LogP contribution >= 0.6 is 0 Å². The Balaban J connectivity index is 2.11. The number of nitrogen functional groups attached to an aromatic ring is 1. The van der Waals surface area contributed by atoms with Gasteiger partial charge in [0, 0.05) is 0 Å².